The number of aromatic nitrogens is 1. The van der Waals surface area contributed by atoms with Crippen molar-refractivity contribution in [3.63, 3.8) is 0 Å². The van der Waals surface area contributed by atoms with Crippen molar-refractivity contribution in [2.75, 3.05) is 0 Å². The largest absolute Gasteiger partial charge is 0.271 e. The number of hydrogen-bond donors (Lipinski definition) is 2. The number of aryl methyl sites for hydroxylation is 1. The van der Waals surface area contributed by atoms with E-state index in [0.717, 1.165) is 12.0 Å². The third kappa shape index (κ3) is 2.76. The number of pyridine rings is 1. The molecule has 0 aliphatic heterocycles. The second-order valence-electron chi connectivity index (χ2n) is 4.74. The molecule has 1 rings (SSSR count). The number of rotatable bonds is 4. The normalized spacial score (nSPS) is 13.9. The zero-order chi connectivity index (χ0) is 11.5. The molecule has 3 N–H and O–H groups in total. The Bertz CT molecular complexity index is 320. The number of nitrogens with zero attached hydrogens (tertiary/aromatic N) is 1. The minimum Gasteiger partial charge on any atom is -0.271 e. The van der Waals surface area contributed by atoms with Gasteiger partial charge in [-0.2, -0.15) is 0 Å². The van der Waals surface area contributed by atoms with Gasteiger partial charge in [0.2, 0.25) is 0 Å². The lowest BCUT2D eigenvalue weighted by Gasteiger charge is -2.33. The molecule has 1 aromatic rings. The molecule has 0 radical (unpaired) electrons. The van der Waals surface area contributed by atoms with Gasteiger partial charge in [0, 0.05) is 12.4 Å². The Morgan fingerprint density at radius 1 is 1.47 bits per heavy atom. The van der Waals surface area contributed by atoms with E-state index < -0.39 is 0 Å². The summed E-state index contributed by atoms with van der Waals surface area (Å²) in [5.41, 5.74) is 5.35. The highest BCUT2D eigenvalue weighted by Gasteiger charge is 2.28. The molecule has 1 aromatic heterocycles. The molecule has 3 heteroatoms. The molecule has 3 nitrogen and oxygen atoms in total. The van der Waals surface area contributed by atoms with Crippen LogP contribution in [0.25, 0.3) is 0 Å². The molecule has 84 valence electrons. The van der Waals surface area contributed by atoms with Gasteiger partial charge in [0.1, 0.15) is 0 Å². The fraction of sp³-hybridized carbons (Fsp3) is 0.583. The van der Waals surface area contributed by atoms with Crippen LogP contribution in [0.3, 0.4) is 0 Å². The molecular formula is C12H21N3. The summed E-state index contributed by atoms with van der Waals surface area (Å²) in [6.07, 6.45) is 4.81. The van der Waals surface area contributed by atoms with E-state index in [1.165, 1.54) is 5.56 Å². The number of nitrogens with one attached hydrogen (secondary N) is 1. The monoisotopic (exact) mass is 207 g/mol. The van der Waals surface area contributed by atoms with Gasteiger partial charge in [-0.05, 0) is 29.9 Å². The zero-order valence-corrected chi connectivity index (χ0v) is 10.0. The maximum atomic E-state index is 5.64. The molecule has 0 saturated carbocycles. The topological polar surface area (TPSA) is 50.9 Å². The van der Waals surface area contributed by atoms with Crippen LogP contribution in [0.1, 0.15) is 44.4 Å². The van der Waals surface area contributed by atoms with Crippen LogP contribution < -0.4 is 11.3 Å². The van der Waals surface area contributed by atoms with Gasteiger partial charge in [-0.15, -0.1) is 0 Å². The molecule has 0 spiro atoms. The molecule has 0 saturated heterocycles. The summed E-state index contributed by atoms with van der Waals surface area (Å²) >= 11 is 0. The van der Waals surface area contributed by atoms with Crippen molar-refractivity contribution in [3.8, 4) is 0 Å². The van der Waals surface area contributed by atoms with Gasteiger partial charge in [-0.25, -0.2) is 0 Å². The van der Waals surface area contributed by atoms with Crippen LogP contribution in [0.4, 0.5) is 0 Å². The molecule has 1 atom stereocenters. The van der Waals surface area contributed by atoms with E-state index in [1.54, 1.807) is 0 Å². The first-order chi connectivity index (χ1) is 7.01. The fourth-order valence-electron chi connectivity index (χ4n) is 1.71. The van der Waals surface area contributed by atoms with Gasteiger partial charge >= 0.3 is 0 Å². The van der Waals surface area contributed by atoms with Crippen molar-refractivity contribution >= 4 is 0 Å². The summed E-state index contributed by atoms with van der Waals surface area (Å²) in [5, 5.41) is 0. The number of nitrogens with two attached hydrogens (primary N) is 1. The standard InChI is InChI=1S/C12H21N3/c1-5-12(3,4)11(15-13)10-6-9(2)7-14-8-10/h6-8,11,15H,5,13H2,1-4H3. The van der Waals surface area contributed by atoms with E-state index in [0.29, 0.717) is 0 Å². The Kier molecular flexibility index (Phi) is 3.83. The predicted octanol–water partition coefficient (Wildman–Crippen LogP) is 2.33. The molecule has 0 amide bonds. The van der Waals surface area contributed by atoms with E-state index >= 15 is 0 Å². The van der Waals surface area contributed by atoms with E-state index in [2.05, 4.69) is 37.2 Å². The second-order valence-corrected chi connectivity index (χ2v) is 4.74. The minimum atomic E-state index is 0.129. The maximum Gasteiger partial charge on any atom is 0.0526 e. The summed E-state index contributed by atoms with van der Waals surface area (Å²) in [6, 6.07) is 2.28. The molecule has 15 heavy (non-hydrogen) atoms. The lowest BCUT2D eigenvalue weighted by atomic mass is 9.79. The van der Waals surface area contributed by atoms with Gasteiger partial charge in [-0.1, -0.05) is 26.8 Å². The highest BCUT2D eigenvalue weighted by molar-refractivity contribution is 5.21. The van der Waals surface area contributed by atoms with Crippen molar-refractivity contribution in [2.45, 2.75) is 40.2 Å². The maximum absolute atomic E-state index is 5.64. The Balaban J connectivity index is 3.02. The number of hydrazine groups is 1. The Labute approximate surface area is 92.1 Å². The van der Waals surface area contributed by atoms with Crippen LogP contribution in [0.5, 0.6) is 0 Å². The van der Waals surface area contributed by atoms with Gasteiger partial charge < -0.3 is 0 Å². The van der Waals surface area contributed by atoms with Crippen LogP contribution in [-0.4, -0.2) is 4.98 Å². The lowest BCUT2D eigenvalue weighted by molar-refractivity contribution is 0.235. The quantitative estimate of drug-likeness (QED) is 0.588. The molecular weight excluding hydrogens is 186 g/mol. The Morgan fingerprint density at radius 2 is 2.13 bits per heavy atom. The summed E-state index contributed by atoms with van der Waals surface area (Å²) < 4.78 is 0. The summed E-state index contributed by atoms with van der Waals surface area (Å²) in [5.74, 6) is 5.64. The van der Waals surface area contributed by atoms with Crippen molar-refractivity contribution < 1.29 is 0 Å². The van der Waals surface area contributed by atoms with Crippen molar-refractivity contribution in [1.29, 1.82) is 0 Å². The van der Waals surface area contributed by atoms with E-state index in [-0.39, 0.29) is 11.5 Å². The van der Waals surface area contributed by atoms with Crippen LogP contribution in [0.2, 0.25) is 0 Å². The molecule has 1 unspecified atom stereocenters. The van der Waals surface area contributed by atoms with Crippen LogP contribution >= 0.6 is 0 Å². The summed E-state index contributed by atoms with van der Waals surface area (Å²) in [4.78, 5) is 4.21. The fourth-order valence-corrected chi connectivity index (χ4v) is 1.71. The van der Waals surface area contributed by atoms with Gasteiger partial charge in [-0.3, -0.25) is 16.3 Å². The SMILES string of the molecule is CCC(C)(C)C(NN)c1cncc(C)c1. The molecule has 0 aliphatic rings. The summed E-state index contributed by atoms with van der Waals surface area (Å²) in [6.45, 7) is 8.64. The first-order valence-corrected chi connectivity index (χ1v) is 5.39. The van der Waals surface area contributed by atoms with Gasteiger partial charge in [0.05, 0.1) is 6.04 Å². The lowest BCUT2D eigenvalue weighted by Crippen LogP contribution is -2.38. The second kappa shape index (κ2) is 4.73. The molecule has 0 aliphatic carbocycles. The van der Waals surface area contributed by atoms with Gasteiger partial charge in [0.15, 0.2) is 0 Å². The Hall–Kier alpha value is -0.930. The smallest absolute Gasteiger partial charge is 0.0526 e. The zero-order valence-electron chi connectivity index (χ0n) is 10.0. The van der Waals surface area contributed by atoms with Crippen LogP contribution in [0.15, 0.2) is 18.5 Å². The summed E-state index contributed by atoms with van der Waals surface area (Å²) in [7, 11) is 0. The first kappa shape index (κ1) is 12.1. The van der Waals surface area contributed by atoms with E-state index in [1.807, 2.05) is 19.3 Å². The Morgan fingerprint density at radius 3 is 2.60 bits per heavy atom. The predicted molar refractivity (Wildman–Crippen MR) is 63.1 cm³/mol. The van der Waals surface area contributed by atoms with Crippen LogP contribution in [0, 0.1) is 12.3 Å². The average Bonchev–Trinajstić information content (AvgIpc) is 2.18. The first-order valence-electron chi connectivity index (χ1n) is 5.39. The third-order valence-electron chi connectivity index (χ3n) is 3.09. The van der Waals surface area contributed by atoms with Crippen molar-refractivity contribution in [3.05, 3.63) is 29.6 Å². The average molecular weight is 207 g/mol. The minimum absolute atomic E-state index is 0.129. The van der Waals surface area contributed by atoms with Crippen molar-refractivity contribution in [2.24, 2.45) is 11.3 Å². The third-order valence-corrected chi connectivity index (χ3v) is 3.09. The van der Waals surface area contributed by atoms with Crippen LogP contribution in [-0.2, 0) is 0 Å². The molecule has 1 heterocycles. The highest BCUT2D eigenvalue weighted by atomic mass is 15.2. The molecule has 0 bridgehead atoms. The molecule has 0 fully saturated rings. The van der Waals surface area contributed by atoms with Gasteiger partial charge in [0.25, 0.3) is 0 Å². The van der Waals surface area contributed by atoms with Crippen molar-refractivity contribution in [1.82, 2.24) is 10.4 Å². The van der Waals surface area contributed by atoms with E-state index in [9.17, 15) is 0 Å². The molecule has 0 aromatic carbocycles. The highest BCUT2D eigenvalue weighted by Crippen LogP contribution is 2.35. The number of hydrogen-bond acceptors (Lipinski definition) is 3. The van der Waals surface area contributed by atoms with E-state index in [4.69, 9.17) is 5.84 Å².